The van der Waals surface area contributed by atoms with Gasteiger partial charge in [-0.05, 0) is 42.7 Å². The van der Waals surface area contributed by atoms with Gasteiger partial charge in [0.05, 0.1) is 17.0 Å². The van der Waals surface area contributed by atoms with E-state index in [9.17, 15) is 18.0 Å². The van der Waals surface area contributed by atoms with Crippen molar-refractivity contribution in [2.24, 2.45) is 5.92 Å². The third kappa shape index (κ3) is 3.66. The zero-order chi connectivity index (χ0) is 22.4. The maximum absolute atomic E-state index is 14.8. The number of imidazole rings is 1. The van der Waals surface area contributed by atoms with Gasteiger partial charge < -0.3 is 14.8 Å². The summed E-state index contributed by atoms with van der Waals surface area (Å²) in [7, 11) is 0. The zero-order valence-electron chi connectivity index (χ0n) is 16.5. The van der Waals surface area contributed by atoms with E-state index in [1.807, 2.05) is 0 Å². The number of carboxylic acid groups (broad SMARTS) is 1. The Balaban J connectivity index is 1.34. The number of H-pyrrole nitrogens is 1. The van der Waals surface area contributed by atoms with E-state index in [2.05, 4.69) is 15.0 Å². The van der Waals surface area contributed by atoms with E-state index in [1.165, 1.54) is 18.3 Å². The summed E-state index contributed by atoms with van der Waals surface area (Å²) in [5, 5.41) is 8.91. The highest BCUT2D eigenvalue weighted by atomic mass is 19.1. The molecule has 1 aliphatic rings. The summed E-state index contributed by atoms with van der Waals surface area (Å²) in [5.41, 5.74) is 1.41. The van der Waals surface area contributed by atoms with Crippen LogP contribution in [0.5, 0.6) is 5.88 Å². The van der Waals surface area contributed by atoms with E-state index in [4.69, 9.17) is 9.84 Å². The lowest BCUT2D eigenvalue weighted by Gasteiger charge is -2.31. The fourth-order valence-electron chi connectivity index (χ4n) is 3.71. The molecular formula is C23H16F3N3O3. The molecule has 0 saturated heterocycles. The van der Waals surface area contributed by atoms with Gasteiger partial charge in [-0.25, -0.2) is 23.1 Å². The summed E-state index contributed by atoms with van der Waals surface area (Å²) < 4.78 is 47.8. The maximum Gasteiger partial charge on any atom is 0.306 e. The minimum Gasteiger partial charge on any atom is -0.481 e. The minimum absolute atomic E-state index is 0.0641. The molecule has 32 heavy (non-hydrogen) atoms. The van der Waals surface area contributed by atoms with Gasteiger partial charge in [-0.15, -0.1) is 0 Å². The summed E-state index contributed by atoms with van der Waals surface area (Å²) in [5.74, 6) is -2.89. The van der Waals surface area contributed by atoms with Gasteiger partial charge in [-0.3, -0.25) is 4.79 Å². The van der Waals surface area contributed by atoms with Crippen LogP contribution < -0.4 is 4.74 Å². The lowest BCUT2D eigenvalue weighted by Crippen LogP contribution is -2.38. The van der Waals surface area contributed by atoms with E-state index >= 15 is 0 Å². The molecule has 0 radical (unpaired) electrons. The number of pyridine rings is 1. The fourth-order valence-corrected chi connectivity index (χ4v) is 3.71. The van der Waals surface area contributed by atoms with Crippen molar-refractivity contribution in [1.82, 2.24) is 15.0 Å². The topological polar surface area (TPSA) is 88.1 Å². The van der Waals surface area contributed by atoms with Gasteiger partial charge in [-0.1, -0.05) is 6.07 Å². The lowest BCUT2D eigenvalue weighted by molar-refractivity contribution is -0.148. The van der Waals surface area contributed by atoms with Crippen LogP contribution in [0.15, 0.2) is 48.7 Å². The lowest BCUT2D eigenvalue weighted by atomic mass is 9.82. The van der Waals surface area contributed by atoms with E-state index < -0.39 is 23.4 Å². The van der Waals surface area contributed by atoms with Crippen molar-refractivity contribution < 1.29 is 27.8 Å². The number of halogens is 3. The van der Waals surface area contributed by atoms with E-state index in [0.29, 0.717) is 29.8 Å². The quantitative estimate of drug-likeness (QED) is 0.459. The number of nitrogens with one attached hydrogen (secondary N) is 1. The minimum atomic E-state index is -0.826. The van der Waals surface area contributed by atoms with Gasteiger partial charge in [-0.2, -0.15) is 0 Å². The van der Waals surface area contributed by atoms with Gasteiger partial charge in [0.15, 0.2) is 5.82 Å². The molecule has 0 unspecified atom stereocenters. The Hall–Kier alpha value is -3.88. The number of ether oxygens (including phenoxy) is 1. The molecule has 2 N–H and O–H groups in total. The first-order valence-corrected chi connectivity index (χ1v) is 9.88. The Morgan fingerprint density at radius 3 is 2.50 bits per heavy atom. The van der Waals surface area contributed by atoms with Gasteiger partial charge in [0.25, 0.3) is 0 Å². The third-order valence-corrected chi connectivity index (χ3v) is 5.53. The van der Waals surface area contributed by atoms with Crippen molar-refractivity contribution >= 4 is 17.0 Å². The molecule has 0 amide bonds. The molecule has 1 saturated carbocycles. The van der Waals surface area contributed by atoms with Crippen LogP contribution in [-0.2, 0) is 4.79 Å². The number of aromatic amines is 1. The van der Waals surface area contributed by atoms with Crippen LogP contribution in [0.2, 0.25) is 0 Å². The van der Waals surface area contributed by atoms with Crippen LogP contribution in [-0.4, -0.2) is 32.1 Å². The third-order valence-electron chi connectivity index (χ3n) is 5.53. The van der Waals surface area contributed by atoms with Gasteiger partial charge in [0.1, 0.15) is 29.1 Å². The summed E-state index contributed by atoms with van der Waals surface area (Å²) in [6, 6.07) is 9.67. The summed E-state index contributed by atoms with van der Waals surface area (Å²) in [4.78, 5) is 21.9. The number of carboxylic acids is 1. The Bertz CT molecular complexity index is 1330. The average molecular weight is 439 g/mol. The highest BCUT2D eigenvalue weighted by molar-refractivity contribution is 5.80. The molecule has 5 rings (SSSR count). The Labute approximate surface area is 179 Å². The second kappa shape index (κ2) is 7.67. The van der Waals surface area contributed by atoms with Crippen molar-refractivity contribution in [3.63, 3.8) is 0 Å². The number of hydrogen-bond acceptors (Lipinski definition) is 4. The maximum atomic E-state index is 14.8. The number of hydrogen-bond donors (Lipinski definition) is 2. The van der Waals surface area contributed by atoms with Crippen LogP contribution in [0, 0.1) is 23.4 Å². The predicted octanol–water partition coefficient (Wildman–Crippen LogP) is 4.95. The molecule has 2 aromatic heterocycles. The molecule has 0 bridgehead atoms. The van der Waals surface area contributed by atoms with E-state index in [-0.39, 0.29) is 34.4 Å². The highest BCUT2D eigenvalue weighted by Crippen LogP contribution is 2.32. The standard InChI is InChI=1S/C23H16F3N3O3/c24-14-8-18(26)21-19(9-14)28-22(29-21)16-3-1-11(7-17(16)25)12-2-4-20(27-10-12)32-15-5-13(6-15)23(30)31/h1-4,7-10,13,15H,5-6H2,(H,28,29)(H,30,31)/t13-,15-. The van der Waals surface area contributed by atoms with Gasteiger partial charge in [0.2, 0.25) is 5.88 Å². The van der Waals surface area contributed by atoms with Crippen molar-refractivity contribution in [2.45, 2.75) is 18.9 Å². The van der Waals surface area contributed by atoms with E-state index in [1.54, 1.807) is 18.2 Å². The molecule has 9 heteroatoms. The number of aliphatic carboxylic acids is 1. The predicted molar refractivity (Wildman–Crippen MR) is 109 cm³/mol. The zero-order valence-corrected chi connectivity index (χ0v) is 16.5. The molecule has 0 spiro atoms. The van der Waals surface area contributed by atoms with Crippen molar-refractivity contribution in [3.8, 4) is 28.4 Å². The normalized spacial score (nSPS) is 17.8. The molecule has 2 heterocycles. The molecule has 0 atom stereocenters. The second-order valence-electron chi connectivity index (χ2n) is 7.70. The summed E-state index contributed by atoms with van der Waals surface area (Å²) >= 11 is 0. The molecule has 162 valence electrons. The smallest absolute Gasteiger partial charge is 0.306 e. The Morgan fingerprint density at radius 2 is 1.81 bits per heavy atom. The highest BCUT2D eigenvalue weighted by Gasteiger charge is 2.36. The number of carbonyl (C=O) groups is 1. The van der Waals surface area contributed by atoms with Crippen molar-refractivity contribution in [1.29, 1.82) is 0 Å². The average Bonchev–Trinajstić information content (AvgIpc) is 3.14. The van der Waals surface area contributed by atoms with Crippen molar-refractivity contribution in [2.75, 3.05) is 0 Å². The number of benzene rings is 2. The van der Waals surface area contributed by atoms with Crippen LogP contribution in [0.3, 0.4) is 0 Å². The summed E-state index contributed by atoms with van der Waals surface area (Å²) in [6.07, 6.45) is 2.26. The molecule has 1 fully saturated rings. The fraction of sp³-hybridized carbons (Fsp3) is 0.174. The number of fused-ring (bicyclic) bond motifs is 1. The van der Waals surface area contributed by atoms with Gasteiger partial charge >= 0.3 is 5.97 Å². The van der Waals surface area contributed by atoms with Crippen LogP contribution in [0.1, 0.15) is 12.8 Å². The SMILES string of the molecule is O=C(O)[C@H]1C[C@H](Oc2ccc(-c3ccc(-c4nc5c(F)cc(F)cc5[nH]4)c(F)c3)cn2)C1. The van der Waals surface area contributed by atoms with Crippen LogP contribution in [0.25, 0.3) is 33.5 Å². The first-order chi connectivity index (χ1) is 15.4. The Morgan fingerprint density at radius 1 is 1.03 bits per heavy atom. The van der Waals surface area contributed by atoms with Crippen LogP contribution >= 0.6 is 0 Å². The van der Waals surface area contributed by atoms with Gasteiger partial charge in [0, 0.05) is 23.9 Å². The molecule has 1 aliphatic carbocycles. The molecular weight excluding hydrogens is 423 g/mol. The number of aromatic nitrogens is 3. The number of rotatable bonds is 5. The first kappa shape index (κ1) is 20.0. The summed E-state index contributed by atoms with van der Waals surface area (Å²) in [6.45, 7) is 0. The first-order valence-electron chi connectivity index (χ1n) is 9.88. The van der Waals surface area contributed by atoms with Crippen LogP contribution in [0.4, 0.5) is 13.2 Å². The molecule has 6 nitrogen and oxygen atoms in total. The Kier molecular flexibility index (Phi) is 4.80. The molecule has 0 aliphatic heterocycles. The van der Waals surface area contributed by atoms with E-state index in [0.717, 1.165) is 12.1 Å². The largest absolute Gasteiger partial charge is 0.481 e. The van der Waals surface area contributed by atoms with Crippen molar-refractivity contribution in [3.05, 3.63) is 66.1 Å². The number of nitrogens with zero attached hydrogens (tertiary/aromatic N) is 2. The second-order valence-corrected chi connectivity index (χ2v) is 7.70. The molecule has 4 aromatic rings. The molecule has 2 aromatic carbocycles. The monoisotopic (exact) mass is 439 g/mol.